The largest absolute Gasteiger partial charge is 0.440 e. The second kappa shape index (κ2) is 4.03. The highest BCUT2D eigenvalue weighted by Crippen LogP contribution is 2.26. The van der Waals surface area contributed by atoms with Gasteiger partial charge in [0.1, 0.15) is 5.52 Å². The number of oxazole rings is 1. The summed E-state index contributed by atoms with van der Waals surface area (Å²) >= 11 is 0. The highest BCUT2D eigenvalue weighted by Gasteiger charge is 2.20. The van der Waals surface area contributed by atoms with Gasteiger partial charge in [-0.3, -0.25) is 0 Å². The number of hydrogen-bond acceptors (Lipinski definition) is 3. The molecule has 0 saturated carbocycles. The van der Waals surface area contributed by atoms with E-state index in [9.17, 15) is 5.11 Å². The number of benzene rings is 1. The number of para-hydroxylation sites is 2. The molecule has 2 rings (SSSR count). The Balaban J connectivity index is 2.43. The summed E-state index contributed by atoms with van der Waals surface area (Å²) in [7, 11) is 0. The number of aliphatic hydroxyl groups is 1. The van der Waals surface area contributed by atoms with E-state index in [-0.39, 0.29) is 12.5 Å². The lowest BCUT2D eigenvalue weighted by Gasteiger charge is -2.13. The van der Waals surface area contributed by atoms with Crippen molar-refractivity contribution in [3.05, 3.63) is 30.2 Å². The molecule has 0 radical (unpaired) electrons. The van der Waals surface area contributed by atoms with Gasteiger partial charge >= 0.3 is 0 Å². The molecule has 2 aromatic rings. The van der Waals surface area contributed by atoms with Gasteiger partial charge in [-0.15, -0.1) is 0 Å². The van der Waals surface area contributed by atoms with Crippen LogP contribution in [0.3, 0.4) is 0 Å². The fourth-order valence-electron chi connectivity index (χ4n) is 1.62. The third-order valence-electron chi connectivity index (χ3n) is 2.63. The maximum atomic E-state index is 9.28. The van der Waals surface area contributed by atoms with E-state index in [1.54, 1.807) is 0 Å². The lowest BCUT2D eigenvalue weighted by Crippen LogP contribution is -2.11. The molecule has 0 bridgehead atoms. The van der Waals surface area contributed by atoms with Gasteiger partial charge in [0.15, 0.2) is 5.58 Å². The second-order valence-electron chi connectivity index (χ2n) is 4.05. The van der Waals surface area contributed by atoms with Crippen LogP contribution in [0, 0.1) is 5.92 Å². The Morgan fingerprint density at radius 3 is 2.67 bits per heavy atom. The summed E-state index contributed by atoms with van der Waals surface area (Å²) in [5, 5.41) is 9.28. The second-order valence-corrected chi connectivity index (χ2v) is 4.05. The summed E-state index contributed by atoms with van der Waals surface area (Å²) in [6, 6.07) is 7.65. The van der Waals surface area contributed by atoms with E-state index in [1.807, 2.05) is 24.3 Å². The Kier molecular flexibility index (Phi) is 2.73. The number of fused-ring (bicyclic) bond motifs is 1. The molecule has 80 valence electrons. The third kappa shape index (κ3) is 1.88. The van der Waals surface area contributed by atoms with Crippen LogP contribution in [-0.2, 0) is 0 Å². The Labute approximate surface area is 88.7 Å². The van der Waals surface area contributed by atoms with E-state index >= 15 is 0 Å². The van der Waals surface area contributed by atoms with Gasteiger partial charge in [-0.25, -0.2) is 4.98 Å². The minimum Gasteiger partial charge on any atom is -0.440 e. The first-order valence-electron chi connectivity index (χ1n) is 5.18. The number of hydrogen-bond donors (Lipinski definition) is 1. The van der Waals surface area contributed by atoms with Crippen LogP contribution >= 0.6 is 0 Å². The molecule has 3 nitrogen and oxygen atoms in total. The maximum Gasteiger partial charge on any atom is 0.201 e. The molecule has 0 fully saturated rings. The summed E-state index contributed by atoms with van der Waals surface area (Å²) in [4.78, 5) is 4.38. The van der Waals surface area contributed by atoms with Crippen LogP contribution in [0.15, 0.2) is 28.7 Å². The molecule has 0 aliphatic rings. The zero-order valence-corrected chi connectivity index (χ0v) is 8.97. The molecule has 3 heteroatoms. The van der Waals surface area contributed by atoms with Crippen molar-refractivity contribution in [2.45, 2.75) is 19.8 Å². The molecule has 0 amide bonds. The number of nitrogens with zero attached hydrogens (tertiary/aromatic N) is 1. The van der Waals surface area contributed by atoms with Crippen LogP contribution in [0.4, 0.5) is 0 Å². The molecule has 15 heavy (non-hydrogen) atoms. The van der Waals surface area contributed by atoms with Crippen molar-refractivity contribution < 1.29 is 9.52 Å². The zero-order valence-electron chi connectivity index (χ0n) is 8.97. The van der Waals surface area contributed by atoms with Crippen LogP contribution in [0.5, 0.6) is 0 Å². The molecular formula is C12H15NO2. The van der Waals surface area contributed by atoms with Gasteiger partial charge in [-0.05, 0) is 18.1 Å². The van der Waals surface area contributed by atoms with E-state index in [1.165, 1.54) is 0 Å². The summed E-state index contributed by atoms with van der Waals surface area (Å²) in [5.74, 6) is 0.939. The summed E-state index contributed by atoms with van der Waals surface area (Å²) in [6.07, 6.45) is 0. The van der Waals surface area contributed by atoms with Gasteiger partial charge in [0.2, 0.25) is 5.89 Å². The average Bonchev–Trinajstić information content (AvgIpc) is 2.61. The van der Waals surface area contributed by atoms with Crippen molar-refractivity contribution in [2.75, 3.05) is 6.61 Å². The highest BCUT2D eigenvalue weighted by molar-refractivity contribution is 5.72. The average molecular weight is 205 g/mol. The molecule has 1 N–H and O–H groups in total. The Morgan fingerprint density at radius 2 is 2.07 bits per heavy atom. The quantitative estimate of drug-likeness (QED) is 0.837. The van der Waals surface area contributed by atoms with Gasteiger partial charge in [0, 0.05) is 0 Å². The Morgan fingerprint density at radius 1 is 1.33 bits per heavy atom. The van der Waals surface area contributed by atoms with E-state index in [4.69, 9.17) is 4.42 Å². The van der Waals surface area contributed by atoms with Crippen molar-refractivity contribution in [3.8, 4) is 0 Å². The lowest BCUT2D eigenvalue weighted by molar-refractivity contribution is 0.217. The van der Waals surface area contributed by atoms with E-state index in [2.05, 4.69) is 18.8 Å². The molecule has 1 aromatic heterocycles. The van der Waals surface area contributed by atoms with Crippen LogP contribution in [0.1, 0.15) is 25.7 Å². The van der Waals surface area contributed by atoms with Gasteiger partial charge < -0.3 is 9.52 Å². The maximum absolute atomic E-state index is 9.28. The number of aromatic nitrogens is 1. The van der Waals surface area contributed by atoms with E-state index in [0.717, 1.165) is 11.1 Å². The number of aliphatic hydroxyl groups excluding tert-OH is 1. The molecule has 1 unspecified atom stereocenters. The fourth-order valence-corrected chi connectivity index (χ4v) is 1.62. The first-order valence-corrected chi connectivity index (χ1v) is 5.18. The van der Waals surface area contributed by atoms with Crippen molar-refractivity contribution in [1.29, 1.82) is 0 Å². The monoisotopic (exact) mass is 205 g/mol. The minimum absolute atomic E-state index is 0.0163. The molecule has 0 aliphatic heterocycles. The third-order valence-corrected chi connectivity index (χ3v) is 2.63. The van der Waals surface area contributed by atoms with Crippen molar-refractivity contribution in [2.24, 2.45) is 5.92 Å². The topological polar surface area (TPSA) is 46.3 Å². The first kappa shape index (κ1) is 10.2. The van der Waals surface area contributed by atoms with Crippen LogP contribution in [-0.4, -0.2) is 16.7 Å². The summed E-state index contributed by atoms with van der Waals surface area (Å²) in [6.45, 7) is 4.18. The van der Waals surface area contributed by atoms with Crippen LogP contribution in [0.25, 0.3) is 11.1 Å². The van der Waals surface area contributed by atoms with Gasteiger partial charge in [0.25, 0.3) is 0 Å². The first-order chi connectivity index (χ1) is 7.22. The van der Waals surface area contributed by atoms with Crippen LogP contribution < -0.4 is 0 Å². The summed E-state index contributed by atoms with van der Waals surface area (Å²) < 4.78 is 5.61. The molecule has 1 heterocycles. The SMILES string of the molecule is CC(C)C(CO)c1nc2ccccc2o1. The molecule has 0 spiro atoms. The van der Waals surface area contributed by atoms with E-state index in [0.29, 0.717) is 11.8 Å². The smallest absolute Gasteiger partial charge is 0.201 e. The zero-order chi connectivity index (χ0) is 10.8. The standard InChI is InChI=1S/C12H15NO2/c1-8(2)9(7-14)12-13-10-5-3-4-6-11(10)15-12/h3-6,8-9,14H,7H2,1-2H3. The van der Waals surface area contributed by atoms with Crippen molar-refractivity contribution >= 4 is 11.1 Å². The summed E-state index contributed by atoms with van der Waals surface area (Å²) in [5.41, 5.74) is 1.64. The van der Waals surface area contributed by atoms with Gasteiger partial charge in [0.05, 0.1) is 12.5 Å². The number of rotatable bonds is 3. The fraction of sp³-hybridized carbons (Fsp3) is 0.417. The predicted octanol–water partition coefficient (Wildman–Crippen LogP) is 2.56. The molecule has 0 saturated heterocycles. The van der Waals surface area contributed by atoms with Crippen molar-refractivity contribution in [1.82, 2.24) is 4.98 Å². The normalized spacial score (nSPS) is 13.6. The molecule has 0 aliphatic carbocycles. The van der Waals surface area contributed by atoms with Gasteiger partial charge in [-0.1, -0.05) is 26.0 Å². The van der Waals surface area contributed by atoms with Crippen molar-refractivity contribution in [3.63, 3.8) is 0 Å². The molecule has 1 atom stereocenters. The minimum atomic E-state index is -0.0163. The Hall–Kier alpha value is -1.35. The van der Waals surface area contributed by atoms with Crippen LogP contribution in [0.2, 0.25) is 0 Å². The molecule has 1 aromatic carbocycles. The lowest BCUT2D eigenvalue weighted by atomic mass is 9.97. The molecular weight excluding hydrogens is 190 g/mol. The van der Waals surface area contributed by atoms with Gasteiger partial charge in [-0.2, -0.15) is 0 Å². The highest BCUT2D eigenvalue weighted by atomic mass is 16.4. The Bertz CT molecular complexity index is 415. The van der Waals surface area contributed by atoms with E-state index < -0.39 is 0 Å². The predicted molar refractivity (Wildman–Crippen MR) is 58.7 cm³/mol.